The smallest absolute Gasteiger partial charge is 0.312 e. The van der Waals surface area contributed by atoms with E-state index >= 15 is 0 Å². The third kappa shape index (κ3) is 5.69. The lowest BCUT2D eigenvalue weighted by Crippen LogP contribution is -2.59. The van der Waals surface area contributed by atoms with Crippen LogP contribution in [-0.2, 0) is 14.3 Å². The summed E-state index contributed by atoms with van der Waals surface area (Å²) in [6.07, 6.45) is 4.75. The molecule has 0 bridgehead atoms. The Labute approximate surface area is 191 Å². The van der Waals surface area contributed by atoms with E-state index < -0.39 is 5.41 Å². The summed E-state index contributed by atoms with van der Waals surface area (Å²) in [6.45, 7) is 25.2. The van der Waals surface area contributed by atoms with Gasteiger partial charge in [-0.2, -0.15) is 0 Å². The van der Waals surface area contributed by atoms with Crippen LogP contribution in [0.3, 0.4) is 0 Å². The maximum Gasteiger partial charge on any atom is 0.312 e. The van der Waals surface area contributed by atoms with Crippen LogP contribution in [0.15, 0.2) is 24.5 Å². The summed E-state index contributed by atoms with van der Waals surface area (Å²) in [6, 6.07) is 4.25. The number of aromatic nitrogens is 1. The monoisotopic (exact) mass is 433 g/mol. The largest absolute Gasteiger partial charge is 0.463 e. The predicted octanol–water partition coefficient (Wildman–Crippen LogP) is 6.90. The first kappa shape index (κ1) is 27.6. The van der Waals surface area contributed by atoms with Crippen LogP contribution < -0.4 is 0 Å². The Hall–Kier alpha value is -1.42. The van der Waals surface area contributed by atoms with Crippen molar-refractivity contribution >= 4 is 5.97 Å². The quantitative estimate of drug-likeness (QED) is 0.314. The molecular formula is C27H47NO3. The van der Waals surface area contributed by atoms with E-state index in [9.17, 15) is 4.79 Å². The molecule has 178 valence electrons. The molecule has 4 nitrogen and oxygen atoms in total. The second kappa shape index (κ2) is 9.60. The molecule has 0 spiro atoms. The van der Waals surface area contributed by atoms with E-state index in [0.29, 0.717) is 6.61 Å². The second-order valence-electron chi connectivity index (χ2n) is 12.4. The molecule has 0 fully saturated rings. The molecule has 1 aromatic rings. The molecule has 0 N–H and O–H groups in total. The highest BCUT2D eigenvalue weighted by Gasteiger charge is 2.62. The van der Waals surface area contributed by atoms with Crippen molar-refractivity contribution in [3.63, 3.8) is 0 Å². The summed E-state index contributed by atoms with van der Waals surface area (Å²) in [4.78, 5) is 17.9. The average molecular weight is 434 g/mol. The van der Waals surface area contributed by atoms with Crippen LogP contribution in [0.5, 0.6) is 0 Å². The van der Waals surface area contributed by atoms with Crippen molar-refractivity contribution in [2.45, 2.75) is 88.5 Å². The lowest BCUT2D eigenvalue weighted by Gasteiger charge is -2.60. The molecule has 1 aromatic heterocycles. The Morgan fingerprint density at radius 2 is 1.42 bits per heavy atom. The van der Waals surface area contributed by atoms with Crippen molar-refractivity contribution in [2.75, 3.05) is 20.3 Å². The number of carbonyl (C=O) groups excluding carboxylic acids is 1. The summed E-state index contributed by atoms with van der Waals surface area (Å²) in [5, 5.41) is 0. The Balaban J connectivity index is 3.61. The van der Waals surface area contributed by atoms with Crippen LogP contribution in [0.2, 0.25) is 0 Å². The number of ether oxygens (including phenoxy) is 2. The van der Waals surface area contributed by atoms with Crippen LogP contribution in [0, 0.1) is 27.1 Å². The standard InChI is InChI=1S/C27H47NO3/c1-23(2,3)19-21(20-13-15-28-16-14-20)25(7,8)26(9,10)27(11,24(4,5)6)22(29)31-18-17-30-12/h13-16,21H,17-19H2,1-12H3. The Kier molecular flexibility index (Phi) is 8.55. The minimum atomic E-state index is -0.722. The van der Waals surface area contributed by atoms with Gasteiger partial charge >= 0.3 is 5.97 Å². The molecule has 1 heterocycles. The lowest BCUT2D eigenvalue weighted by molar-refractivity contribution is -0.188. The van der Waals surface area contributed by atoms with Gasteiger partial charge in [-0.1, -0.05) is 69.2 Å². The van der Waals surface area contributed by atoms with E-state index in [-0.39, 0.29) is 40.2 Å². The van der Waals surface area contributed by atoms with E-state index in [2.05, 4.69) is 93.3 Å². The second-order valence-corrected chi connectivity index (χ2v) is 12.4. The zero-order valence-corrected chi connectivity index (χ0v) is 22.2. The van der Waals surface area contributed by atoms with Crippen molar-refractivity contribution in [2.24, 2.45) is 27.1 Å². The zero-order chi connectivity index (χ0) is 24.3. The Bertz CT molecular complexity index is 710. The first-order valence-electron chi connectivity index (χ1n) is 11.5. The highest BCUT2D eigenvalue weighted by Crippen LogP contribution is 2.64. The summed E-state index contributed by atoms with van der Waals surface area (Å²) >= 11 is 0. The average Bonchev–Trinajstić information content (AvgIpc) is 2.64. The van der Waals surface area contributed by atoms with Crippen LogP contribution in [-0.4, -0.2) is 31.3 Å². The third-order valence-electron chi connectivity index (χ3n) is 8.09. The molecule has 0 aliphatic heterocycles. The van der Waals surface area contributed by atoms with E-state index in [4.69, 9.17) is 9.47 Å². The van der Waals surface area contributed by atoms with Crippen LogP contribution in [0.4, 0.5) is 0 Å². The van der Waals surface area contributed by atoms with Gasteiger partial charge in [-0.15, -0.1) is 0 Å². The van der Waals surface area contributed by atoms with Crippen molar-refractivity contribution < 1.29 is 14.3 Å². The fourth-order valence-corrected chi connectivity index (χ4v) is 4.94. The normalized spacial score (nSPS) is 16.5. The Morgan fingerprint density at radius 1 is 0.903 bits per heavy atom. The highest BCUT2D eigenvalue weighted by molar-refractivity contribution is 5.78. The van der Waals surface area contributed by atoms with E-state index in [1.807, 2.05) is 12.4 Å². The van der Waals surface area contributed by atoms with Crippen LogP contribution >= 0.6 is 0 Å². The van der Waals surface area contributed by atoms with Gasteiger partial charge in [-0.05, 0) is 58.6 Å². The van der Waals surface area contributed by atoms with Gasteiger partial charge in [0.15, 0.2) is 0 Å². The van der Waals surface area contributed by atoms with Crippen molar-refractivity contribution in [1.29, 1.82) is 0 Å². The molecule has 0 aliphatic carbocycles. The van der Waals surface area contributed by atoms with Gasteiger partial charge in [0.05, 0.1) is 12.0 Å². The number of hydrogen-bond donors (Lipinski definition) is 0. The maximum atomic E-state index is 13.6. The molecule has 0 aliphatic rings. The van der Waals surface area contributed by atoms with E-state index in [1.165, 1.54) is 5.56 Å². The fraction of sp³-hybridized carbons (Fsp3) is 0.778. The molecule has 4 heteroatoms. The summed E-state index contributed by atoms with van der Waals surface area (Å²) in [7, 11) is 1.62. The number of esters is 1. The predicted molar refractivity (Wildman–Crippen MR) is 129 cm³/mol. The molecule has 0 amide bonds. The first-order chi connectivity index (χ1) is 13.9. The topological polar surface area (TPSA) is 48.4 Å². The zero-order valence-electron chi connectivity index (χ0n) is 22.2. The number of nitrogens with zero attached hydrogens (tertiary/aromatic N) is 1. The third-order valence-corrected chi connectivity index (χ3v) is 8.09. The molecule has 1 rings (SSSR count). The number of hydrogen-bond acceptors (Lipinski definition) is 4. The summed E-state index contributed by atoms with van der Waals surface area (Å²) in [5.41, 5.74) is -0.223. The van der Waals surface area contributed by atoms with Gasteiger partial charge in [0.25, 0.3) is 0 Å². The van der Waals surface area contributed by atoms with Gasteiger partial charge in [-0.3, -0.25) is 9.78 Å². The SMILES string of the molecule is COCCOC(=O)C(C)(C(C)(C)C)C(C)(C)C(C)(C)C(CC(C)(C)C)c1ccncc1. The van der Waals surface area contributed by atoms with Crippen molar-refractivity contribution in [3.05, 3.63) is 30.1 Å². The molecule has 31 heavy (non-hydrogen) atoms. The van der Waals surface area contributed by atoms with Gasteiger partial charge in [0.2, 0.25) is 0 Å². The summed E-state index contributed by atoms with van der Waals surface area (Å²) in [5.74, 6) is 0.0957. The first-order valence-corrected chi connectivity index (χ1v) is 11.5. The maximum absolute atomic E-state index is 13.6. The van der Waals surface area contributed by atoms with Crippen LogP contribution in [0.1, 0.15) is 94.1 Å². The number of pyridine rings is 1. The van der Waals surface area contributed by atoms with Gasteiger partial charge in [0, 0.05) is 19.5 Å². The van der Waals surface area contributed by atoms with Gasteiger partial charge in [0.1, 0.15) is 6.61 Å². The van der Waals surface area contributed by atoms with Crippen molar-refractivity contribution in [3.8, 4) is 0 Å². The molecule has 0 saturated carbocycles. The molecule has 0 radical (unpaired) electrons. The summed E-state index contributed by atoms with van der Waals surface area (Å²) < 4.78 is 10.9. The molecule has 2 unspecified atom stereocenters. The van der Waals surface area contributed by atoms with E-state index in [0.717, 1.165) is 6.42 Å². The van der Waals surface area contributed by atoms with Gasteiger partial charge < -0.3 is 9.47 Å². The minimum absolute atomic E-state index is 0.137. The lowest BCUT2D eigenvalue weighted by atomic mass is 9.43. The molecule has 0 aromatic carbocycles. The van der Waals surface area contributed by atoms with Crippen molar-refractivity contribution in [1.82, 2.24) is 4.98 Å². The Morgan fingerprint density at radius 3 is 1.84 bits per heavy atom. The van der Waals surface area contributed by atoms with Crippen LogP contribution in [0.25, 0.3) is 0 Å². The molecule has 2 atom stereocenters. The molecular weight excluding hydrogens is 386 g/mol. The fourth-order valence-electron chi connectivity index (χ4n) is 4.94. The highest BCUT2D eigenvalue weighted by atomic mass is 16.6. The van der Waals surface area contributed by atoms with E-state index in [1.54, 1.807) is 7.11 Å². The molecule has 0 saturated heterocycles. The number of rotatable bonds is 9. The number of methoxy groups -OCH3 is 1. The number of carbonyl (C=O) groups is 1. The minimum Gasteiger partial charge on any atom is -0.463 e. The van der Waals surface area contributed by atoms with Gasteiger partial charge in [-0.25, -0.2) is 0 Å².